The molecule has 0 spiro atoms. The Kier molecular flexibility index (Phi) is 5.72. The van der Waals surface area contributed by atoms with Crippen LogP contribution in [-0.4, -0.2) is 53.5 Å². The van der Waals surface area contributed by atoms with E-state index in [0.717, 1.165) is 38.5 Å². The number of pyridine rings is 1. The van der Waals surface area contributed by atoms with E-state index in [1.807, 2.05) is 23.4 Å². The molecule has 2 aliphatic rings. The van der Waals surface area contributed by atoms with E-state index in [-0.39, 0.29) is 6.03 Å². The summed E-state index contributed by atoms with van der Waals surface area (Å²) in [6, 6.07) is 4.68. The summed E-state index contributed by atoms with van der Waals surface area (Å²) in [4.78, 5) is 20.9. The molecule has 1 aromatic heterocycles. The predicted molar refractivity (Wildman–Crippen MR) is 95.6 cm³/mol. The molecule has 3 rings (SSSR count). The molecule has 2 fully saturated rings. The zero-order valence-corrected chi connectivity index (χ0v) is 14.9. The van der Waals surface area contributed by atoms with Gasteiger partial charge in [-0.15, -0.1) is 0 Å². The van der Waals surface area contributed by atoms with Gasteiger partial charge in [0.05, 0.1) is 0 Å². The van der Waals surface area contributed by atoms with Crippen LogP contribution >= 0.6 is 0 Å². The van der Waals surface area contributed by atoms with E-state index in [1.165, 1.54) is 24.8 Å². The SMILES string of the molecule is CCC[C@@H]1C[C@H]1NC(=O)N1CC[C@@H](CN(C)Cc2cccnc2)C1. The third-order valence-electron chi connectivity index (χ3n) is 5.21. The van der Waals surface area contributed by atoms with Crippen molar-refractivity contribution < 1.29 is 4.79 Å². The highest BCUT2D eigenvalue weighted by molar-refractivity contribution is 5.75. The molecule has 3 atom stereocenters. The van der Waals surface area contributed by atoms with Gasteiger partial charge in [-0.1, -0.05) is 19.4 Å². The maximum Gasteiger partial charge on any atom is 0.317 e. The van der Waals surface area contributed by atoms with Crippen molar-refractivity contribution in [2.75, 3.05) is 26.7 Å². The normalized spacial score (nSPS) is 26.0. The van der Waals surface area contributed by atoms with E-state index >= 15 is 0 Å². The second-order valence-corrected chi connectivity index (χ2v) is 7.50. The lowest BCUT2D eigenvalue weighted by Gasteiger charge is -2.22. The van der Waals surface area contributed by atoms with Gasteiger partial charge in [0.15, 0.2) is 0 Å². The Morgan fingerprint density at radius 2 is 2.38 bits per heavy atom. The van der Waals surface area contributed by atoms with Crippen LogP contribution in [0.15, 0.2) is 24.5 Å². The standard InChI is InChI=1S/C19H30N4O/c1-3-5-17-10-18(17)21-19(24)23-9-7-16(14-23)13-22(2)12-15-6-4-8-20-11-15/h4,6,8,11,16-18H,3,5,7,9-10,12-14H2,1-2H3,(H,21,24)/t16-,17+,18+/m0/s1. The molecule has 1 N–H and O–H groups in total. The van der Waals surface area contributed by atoms with Crippen molar-refractivity contribution in [3.05, 3.63) is 30.1 Å². The average molecular weight is 330 g/mol. The largest absolute Gasteiger partial charge is 0.335 e. The minimum absolute atomic E-state index is 0.149. The molecule has 1 saturated carbocycles. The van der Waals surface area contributed by atoms with Gasteiger partial charge in [0, 0.05) is 44.6 Å². The van der Waals surface area contributed by atoms with Crippen LogP contribution in [0.4, 0.5) is 4.79 Å². The molecule has 0 radical (unpaired) electrons. The van der Waals surface area contributed by atoms with Gasteiger partial charge in [0.1, 0.15) is 0 Å². The molecular weight excluding hydrogens is 300 g/mol. The zero-order chi connectivity index (χ0) is 16.9. The summed E-state index contributed by atoms with van der Waals surface area (Å²) in [7, 11) is 2.15. The minimum Gasteiger partial charge on any atom is -0.335 e. The van der Waals surface area contributed by atoms with Crippen LogP contribution in [0.25, 0.3) is 0 Å². The monoisotopic (exact) mass is 330 g/mol. The van der Waals surface area contributed by atoms with Gasteiger partial charge >= 0.3 is 6.03 Å². The van der Waals surface area contributed by atoms with Crippen LogP contribution in [0.3, 0.4) is 0 Å². The maximum absolute atomic E-state index is 12.4. The highest BCUT2D eigenvalue weighted by Gasteiger charge is 2.38. The first-order valence-corrected chi connectivity index (χ1v) is 9.28. The van der Waals surface area contributed by atoms with Gasteiger partial charge in [-0.2, -0.15) is 0 Å². The molecule has 24 heavy (non-hydrogen) atoms. The quantitative estimate of drug-likeness (QED) is 0.836. The van der Waals surface area contributed by atoms with Crippen LogP contribution in [0.5, 0.6) is 0 Å². The molecular formula is C19H30N4O. The average Bonchev–Trinajstić information content (AvgIpc) is 3.11. The Morgan fingerprint density at radius 1 is 1.50 bits per heavy atom. The summed E-state index contributed by atoms with van der Waals surface area (Å²) in [5.41, 5.74) is 1.24. The molecule has 1 aromatic rings. The number of amides is 2. The molecule has 2 amide bonds. The van der Waals surface area contributed by atoms with Crippen LogP contribution in [0.2, 0.25) is 0 Å². The van der Waals surface area contributed by atoms with Crippen LogP contribution < -0.4 is 5.32 Å². The summed E-state index contributed by atoms with van der Waals surface area (Å²) in [6.45, 7) is 5.93. The minimum atomic E-state index is 0.149. The van der Waals surface area contributed by atoms with Gasteiger partial charge in [0.25, 0.3) is 0 Å². The number of rotatable bonds is 7. The number of carbonyl (C=O) groups excluding carboxylic acids is 1. The van der Waals surface area contributed by atoms with Gasteiger partial charge < -0.3 is 15.1 Å². The second-order valence-electron chi connectivity index (χ2n) is 7.50. The summed E-state index contributed by atoms with van der Waals surface area (Å²) < 4.78 is 0. The fraction of sp³-hybridized carbons (Fsp3) is 0.684. The third kappa shape index (κ3) is 4.69. The van der Waals surface area contributed by atoms with Crippen LogP contribution in [0, 0.1) is 11.8 Å². The lowest BCUT2D eigenvalue weighted by molar-refractivity contribution is 0.202. The first-order valence-electron chi connectivity index (χ1n) is 9.28. The number of likely N-dealkylation sites (tertiary alicyclic amines) is 1. The van der Waals surface area contributed by atoms with E-state index in [0.29, 0.717) is 12.0 Å². The third-order valence-corrected chi connectivity index (χ3v) is 5.21. The molecule has 2 heterocycles. The zero-order valence-electron chi connectivity index (χ0n) is 14.9. The van der Waals surface area contributed by atoms with Gasteiger partial charge in [-0.25, -0.2) is 4.79 Å². The lowest BCUT2D eigenvalue weighted by Crippen LogP contribution is -2.40. The number of nitrogens with zero attached hydrogens (tertiary/aromatic N) is 3. The molecule has 5 nitrogen and oxygen atoms in total. The molecule has 1 aliphatic carbocycles. The summed E-state index contributed by atoms with van der Waals surface area (Å²) in [5, 5.41) is 3.21. The number of urea groups is 1. The Labute approximate surface area is 145 Å². The highest BCUT2D eigenvalue weighted by atomic mass is 16.2. The predicted octanol–water partition coefficient (Wildman–Crippen LogP) is 2.73. The molecule has 0 unspecified atom stereocenters. The van der Waals surface area contributed by atoms with Crippen molar-refractivity contribution in [3.63, 3.8) is 0 Å². The van der Waals surface area contributed by atoms with Crippen LogP contribution in [-0.2, 0) is 6.54 Å². The van der Waals surface area contributed by atoms with Gasteiger partial charge in [0.2, 0.25) is 0 Å². The first-order chi connectivity index (χ1) is 11.7. The van der Waals surface area contributed by atoms with Crippen molar-refractivity contribution in [3.8, 4) is 0 Å². The number of aromatic nitrogens is 1. The van der Waals surface area contributed by atoms with E-state index in [4.69, 9.17) is 0 Å². The maximum atomic E-state index is 12.4. The van der Waals surface area contributed by atoms with Crippen molar-refractivity contribution in [1.29, 1.82) is 0 Å². The Hall–Kier alpha value is -1.62. The van der Waals surface area contributed by atoms with Crippen molar-refractivity contribution in [2.45, 2.75) is 45.2 Å². The smallest absolute Gasteiger partial charge is 0.317 e. The highest BCUT2D eigenvalue weighted by Crippen LogP contribution is 2.34. The number of hydrogen-bond acceptors (Lipinski definition) is 3. The fourth-order valence-electron chi connectivity index (χ4n) is 3.84. The number of hydrogen-bond donors (Lipinski definition) is 1. The van der Waals surface area contributed by atoms with Crippen molar-refractivity contribution >= 4 is 6.03 Å². The molecule has 132 valence electrons. The topological polar surface area (TPSA) is 48.5 Å². The fourth-order valence-corrected chi connectivity index (χ4v) is 3.84. The van der Waals surface area contributed by atoms with Crippen molar-refractivity contribution in [2.24, 2.45) is 11.8 Å². The Bertz CT molecular complexity index is 535. The molecule has 5 heteroatoms. The first kappa shape index (κ1) is 17.2. The van der Waals surface area contributed by atoms with Gasteiger partial charge in [-0.05, 0) is 49.8 Å². The second kappa shape index (κ2) is 7.97. The lowest BCUT2D eigenvalue weighted by atomic mass is 10.1. The summed E-state index contributed by atoms with van der Waals surface area (Å²) >= 11 is 0. The Balaban J connectivity index is 1.38. The summed E-state index contributed by atoms with van der Waals surface area (Å²) in [5.74, 6) is 1.30. The van der Waals surface area contributed by atoms with E-state index in [1.54, 1.807) is 0 Å². The number of nitrogens with one attached hydrogen (secondary N) is 1. The summed E-state index contributed by atoms with van der Waals surface area (Å²) in [6.07, 6.45) is 8.46. The Morgan fingerprint density at radius 3 is 3.12 bits per heavy atom. The van der Waals surface area contributed by atoms with E-state index < -0.39 is 0 Å². The number of carbonyl (C=O) groups is 1. The molecule has 1 saturated heterocycles. The molecule has 0 bridgehead atoms. The van der Waals surface area contributed by atoms with E-state index in [9.17, 15) is 4.79 Å². The van der Waals surface area contributed by atoms with Gasteiger partial charge in [-0.3, -0.25) is 4.98 Å². The van der Waals surface area contributed by atoms with Crippen LogP contribution in [0.1, 0.15) is 38.2 Å². The van der Waals surface area contributed by atoms with E-state index in [2.05, 4.69) is 35.2 Å². The molecule has 1 aliphatic heterocycles. The van der Waals surface area contributed by atoms with Crippen molar-refractivity contribution in [1.82, 2.24) is 20.1 Å². The molecule has 0 aromatic carbocycles.